The third kappa shape index (κ3) is 2.30. The number of cyclic esters (lactones) is 1. The number of esters is 1. The normalized spacial score (nSPS) is 23.9. The lowest BCUT2D eigenvalue weighted by Crippen LogP contribution is -2.35. The zero-order valence-corrected chi connectivity index (χ0v) is 15.4. The van der Waals surface area contributed by atoms with Crippen molar-refractivity contribution in [1.29, 1.82) is 0 Å². The fourth-order valence-electron chi connectivity index (χ4n) is 3.94. The Hall–Kier alpha value is -2.54. The first kappa shape index (κ1) is 16.9. The van der Waals surface area contributed by atoms with Crippen LogP contribution >= 0.6 is 11.3 Å². The van der Waals surface area contributed by atoms with Gasteiger partial charge in [0.25, 0.3) is 0 Å². The number of methoxy groups -OCH3 is 3. The predicted molar refractivity (Wildman–Crippen MR) is 94.5 cm³/mol. The van der Waals surface area contributed by atoms with Crippen molar-refractivity contribution in [2.45, 2.75) is 5.92 Å². The van der Waals surface area contributed by atoms with E-state index in [2.05, 4.69) is 0 Å². The Morgan fingerprint density at radius 2 is 1.77 bits per heavy atom. The van der Waals surface area contributed by atoms with Crippen molar-refractivity contribution < 1.29 is 28.5 Å². The molecule has 1 aliphatic carbocycles. The molecule has 1 aliphatic heterocycles. The van der Waals surface area contributed by atoms with Crippen LogP contribution in [-0.2, 0) is 9.53 Å². The van der Waals surface area contributed by atoms with Crippen LogP contribution in [0, 0.1) is 11.8 Å². The largest absolute Gasteiger partial charge is 0.493 e. The van der Waals surface area contributed by atoms with E-state index in [1.165, 1.54) is 11.3 Å². The Morgan fingerprint density at radius 1 is 1.08 bits per heavy atom. The van der Waals surface area contributed by atoms with Gasteiger partial charge in [0.2, 0.25) is 5.75 Å². The monoisotopic (exact) mass is 374 g/mol. The topological polar surface area (TPSA) is 71.1 Å². The summed E-state index contributed by atoms with van der Waals surface area (Å²) in [6.07, 6.45) is 0. The summed E-state index contributed by atoms with van der Waals surface area (Å²) in [5.41, 5.74) is 1.69. The van der Waals surface area contributed by atoms with Crippen molar-refractivity contribution in [3.63, 3.8) is 0 Å². The Balaban J connectivity index is 1.92. The molecule has 0 N–H and O–H groups in total. The minimum absolute atomic E-state index is 0.00505. The van der Waals surface area contributed by atoms with Crippen molar-refractivity contribution in [2.75, 3.05) is 27.9 Å². The maximum Gasteiger partial charge on any atom is 0.310 e. The molecule has 2 heterocycles. The zero-order chi connectivity index (χ0) is 18.4. The number of fused-ring (bicyclic) bond motifs is 2. The van der Waals surface area contributed by atoms with Gasteiger partial charge in [-0.15, -0.1) is 11.3 Å². The van der Waals surface area contributed by atoms with Crippen LogP contribution in [-0.4, -0.2) is 39.7 Å². The van der Waals surface area contributed by atoms with Crippen LogP contribution in [0.2, 0.25) is 0 Å². The van der Waals surface area contributed by atoms with Gasteiger partial charge in [-0.05, 0) is 34.7 Å². The molecule has 0 amide bonds. The first-order valence-corrected chi connectivity index (χ1v) is 9.06. The molecule has 1 fully saturated rings. The van der Waals surface area contributed by atoms with E-state index in [-0.39, 0.29) is 24.3 Å². The number of benzene rings is 1. The Morgan fingerprint density at radius 3 is 2.38 bits per heavy atom. The number of Topliss-reactive ketones (excluding diaryl/α,β-unsaturated/α-hetero) is 1. The van der Waals surface area contributed by atoms with Crippen molar-refractivity contribution >= 4 is 23.1 Å². The summed E-state index contributed by atoms with van der Waals surface area (Å²) in [6.45, 7) is 0.139. The van der Waals surface area contributed by atoms with Gasteiger partial charge in [-0.3, -0.25) is 9.59 Å². The molecule has 6 nitrogen and oxygen atoms in total. The van der Waals surface area contributed by atoms with E-state index in [4.69, 9.17) is 18.9 Å². The molecule has 2 aliphatic rings. The van der Waals surface area contributed by atoms with Crippen molar-refractivity contribution in [3.05, 3.63) is 39.6 Å². The van der Waals surface area contributed by atoms with Gasteiger partial charge in [0, 0.05) is 5.92 Å². The molecule has 2 aromatic rings. The Kier molecular flexibility index (Phi) is 4.11. The number of thiophene rings is 1. The van der Waals surface area contributed by atoms with Crippen molar-refractivity contribution in [3.8, 4) is 17.2 Å². The van der Waals surface area contributed by atoms with Gasteiger partial charge in [-0.1, -0.05) is 0 Å². The molecule has 4 rings (SSSR count). The highest BCUT2D eigenvalue weighted by Crippen LogP contribution is 2.51. The lowest BCUT2D eigenvalue weighted by molar-refractivity contribution is -0.141. The van der Waals surface area contributed by atoms with Crippen molar-refractivity contribution in [1.82, 2.24) is 0 Å². The van der Waals surface area contributed by atoms with Gasteiger partial charge in [0.05, 0.1) is 38.0 Å². The molecule has 0 spiro atoms. The number of ketones is 1. The second-order valence-electron chi connectivity index (χ2n) is 6.27. The molecule has 1 aromatic carbocycles. The van der Waals surface area contributed by atoms with Crippen LogP contribution in [0.4, 0.5) is 0 Å². The first-order chi connectivity index (χ1) is 12.6. The standard InChI is InChI=1S/C19H18O6S/c1-22-12-6-9(7-13(23-2)17(12)24-3)14-10-4-5-26-18(10)16(20)11-8-25-19(21)15(11)14/h4-7,11,14-15H,8H2,1-3H3. The minimum Gasteiger partial charge on any atom is -0.493 e. The average Bonchev–Trinajstić information content (AvgIpc) is 3.29. The smallest absolute Gasteiger partial charge is 0.310 e. The Labute approximate surface area is 154 Å². The fourth-order valence-corrected chi connectivity index (χ4v) is 4.89. The molecule has 7 heteroatoms. The van der Waals surface area contributed by atoms with Crippen LogP contribution in [0.3, 0.4) is 0 Å². The highest BCUT2D eigenvalue weighted by molar-refractivity contribution is 7.12. The predicted octanol–water partition coefficient (Wildman–Crippen LogP) is 2.89. The summed E-state index contributed by atoms with van der Waals surface area (Å²) in [4.78, 5) is 25.9. The maximum atomic E-state index is 12.7. The van der Waals surface area contributed by atoms with E-state index >= 15 is 0 Å². The van der Waals surface area contributed by atoms with Crippen LogP contribution in [0.5, 0.6) is 17.2 Å². The molecule has 1 saturated heterocycles. The molecular formula is C19H18O6S. The molecule has 3 unspecified atom stereocenters. The maximum absolute atomic E-state index is 12.7. The van der Waals surface area contributed by atoms with Gasteiger partial charge >= 0.3 is 5.97 Å². The van der Waals surface area contributed by atoms with Crippen LogP contribution in [0.15, 0.2) is 23.6 Å². The third-order valence-corrected chi connectivity index (χ3v) is 6.05. The summed E-state index contributed by atoms with van der Waals surface area (Å²) in [7, 11) is 4.64. The second kappa shape index (κ2) is 6.32. The Bertz CT molecular complexity index is 861. The molecule has 3 atom stereocenters. The van der Waals surface area contributed by atoms with E-state index in [0.29, 0.717) is 22.1 Å². The van der Waals surface area contributed by atoms with Crippen molar-refractivity contribution in [2.24, 2.45) is 11.8 Å². The molecular weight excluding hydrogens is 356 g/mol. The number of carbonyl (C=O) groups excluding carboxylic acids is 2. The quantitative estimate of drug-likeness (QED) is 0.767. The highest BCUT2D eigenvalue weighted by Gasteiger charge is 2.52. The molecule has 136 valence electrons. The third-order valence-electron chi connectivity index (χ3n) is 5.11. The first-order valence-electron chi connectivity index (χ1n) is 8.18. The second-order valence-corrected chi connectivity index (χ2v) is 7.18. The van der Waals surface area contributed by atoms with E-state index < -0.39 is 11.8 Å². The summed E-state index contributed by atoms with van der Waals surface area (Å²) in [5.74, 6) is -0.0973. The fraction of sp³-hybridized carbons (Fsp3) is 0.368. The van der Waals surface area contributed by atoms with Gasteiger partial charge in [-0.2, -0.15) is 0 Å². The van der Waals surface area contributed by atoms with E-state index in [0.717, 1.165) is 11.1 Å². The van der Waals surface area contributed by atoms with Gasteiger partial charge in [-0.25, -0.2) is 0 Å². The minimum atomic E-state index is -0.535. The summed E-state index contributed by atoms with van der Waals surface area (Å²) >= 11 is 1.41. The lowest BCUT2D eigenvalue weighted by Gasteiger charge is -2.30. The van der Waals surface area contributed by atoms with Crippen LogP contribution in [0.1, 0.15) is 26.7 Å². The molecule has 26 heavy (non-hydrogen) atoms. The van der Waals surface area contributed by atoms with Gasteiger partial charge < -0.3 is 18.9 Å². The molecule has 1 aromatic heterocycles. The highest BCUT2D eigenvalue weighted by atomic mass is 32.1. The molecule has 0 saturated carbocycles. The summed E-state index contributed by atoms with van der Waals surface area (Å²) < 4.78 is 21.5. The lowest BCUT2D eigenvalue weighted by atomic mass is 9.69. The van der Waals surface area contributed by atoms with Crippen LogP contribution in [0.25, 0.3) is 0 Å². The number of hydrogen-bond acceptors (Lipinski definition) is 7. The molecule has 0 bridgehead atoms. The van der Waals surface area contributed by atoms with E-state index in [1.54, 1.807) is 21.3 Å². The zero-order valence-electron chi connectivity index (χ0n) is 14.6. The SMILES string of the molecule is COc1cc(C2c3ccsc3C(=O)C3COC(=O)C32)cc(OC)c1OC. The molecule has 0 radical (unpaired) electrons. The van der Waals surface area contributed by atoms with E-state index in [9.17, 15) is 9.59 Å². The number of ether oxygens (including phenoxy) is 4. The summed E-state index contributed by atoms with van der Waals surface area (Å²) in [5, 5.41) is 1.89. The summed E-state index contributed by atoms with van der Waals surface area (Å²) in [6, 6.07) is 5.59. The van der Waals surface area contributed by atoms with E-state index in [1.807, 2.05) is 23.6 Å². The van der Waals surface area contributed by atoms with Crippen LogP contribution < -0.4 is 14.2 Å². The average molecular weight is 374 g/mol. The number of hydrogen-bond donors (Lipinski definition) is 0. The van der Waals surface area contributed by atoms with Gasteiger partial charge in [0.15, 0.2) is 17.3 Å². The van der Waals surface area contributed by atoms with Gasteiger partial charge in [0.1, 0.15) is 6.61 Å². The number of carbonyl (C=O) groups is 2. The number of rotatable bonds is 4.